The topological polar surface area (TPSA) is 78.0 Å². The lowest BCUT2D eigenvalue weighted by atomic mass is 10.1. The van der Waals surface area contributed by atoms with Crippen molar-refractivity contribution in [3.05, 3.63) is 17.7 Å². The predicted molar refractivity (Wildman–Crippen MR) is 55.1 cm³/mol. The number of aromatic nitrogens is 2. The number of nitrogens with zero attached hydrogens (tertiary/aromatic N) is 1. The molecule has 0 aliphatic carbocycles. The van der Waals surface area contributed by atoms with Crippen molar-refractivity contribution in [3.63, 3.8) is 0 Å². The standard InChI is InChI=1S/C7H9N3O2.2ClH/c11-7(12)5-1-4-6(2-8-5)10-3-9-4;;/h3,5,8H,1-2H2,(H,9,10)(H,11,12);2*1H. The van der Waals surface area contributed by atoms with Crippen LogP contribution in [0.5, 0.6) is 0 Å². The van der Waals surface area contributed by atoms with Gasteiger partial charge in [-0.15, -0.1) is 24.8 Å². The molecule has 0 saturated carbocycles. The minimum absolute atomic E-state index is 0. The van der Waals surface area contributed by atoms with Crippen molar-refractivity contribution in [1.29, 1.82) is 0 Å². The highest BCUT2D eigenvalue weighted by atomic mass is 35.5. The predicted octanol–water partition coefficient (Wildman–Crippen LogP) is 0.352. The number of aromatic amines is 1. The van der Waals surface area contributed by atoms with Crippen LogP contribution in [0.3, 0.4) is 0 Å². The number of carboxylic acids is 1. The van der Waals surface area contributed by atoms with E-state index in [4.69, 9.17) is 5.11 Å². The fourth-order valence-corrected chi connectivity index (χ4v) is 1.35. The van der Waals surface area contributed by atoms with E-state index in [1.807, 2.05) is 0 Å². The normalized spacial score (nSPS) is 18.7. The molecule has 0 radical (unpaired) electrons. The average Bonchev–Trinajstić information content (AvgIpc) is 2.49. The van der Waals surface area contributed by atoms with Crippen molar-refractivity contribution in [2.45, 2.75) is 19.0 Å². The molecule has 0 bridgehead atoms. The van der Waals surface area contributed by atoms with Crippen LogP contribution in [-0.4, -0.2) is 27.1 Å². The van der Waals surface area contributed by atoms with E-state index in [0.29, 0.717) is 13.0 Å². The van der Waals surface area contributed by atoms with Crippen molar-refractivity contribution in [2.75, 3.05) is 0 Å². The molecule has 3 N–H and O–H groups in total. The first-order chi connectivity index (χ1) is 5.77. The van der Waals surface area contributed by atoms with E-state index in [1.54, 1.807) is 6.33 Å². The zero-order valence-corrected chi connectivity index (χ0v) is 8.82. The highest BCUT2D eigenvalue weighted by molar-refractivity contribution is 5.85. The maximum absolute atomic E-state index is 10.6. The summed E-state index contributed by atoms with van der Waals surface area (Å²) in [4.78, 5) is 17.6. The third-order valence-corrected chi connectivity index (χ3v) is 2.03. The Bertz CT molecular complexity index is 316. The number of halogens is 2. The van der Waals surface area contributed by atoms with Gasteiger partial charge in [0.15, 0.2) is 0 Å². The molecule has 1 aromatic heterocycles. The molecule has 7 heteroatoms. The summed E-state index contributed by atoms with van der Waals surface area (Å²) in [6, 6.07) is -0.474. The van der Waals surface area contributed by atoms with Gasteiger partial charge in [-0.3, -0.25) is 10.1 Å². The number of carboxylic acid groups (broad SMARTS) is 1. The molecule has 80 valence electrons. The average molecular weight is 240 g/mol. The minimum atomic E-state index is -0.810. The third-order valence-electron chi connectivity index (χ3n) is 2.03. The fraction of sp³-hybridized carbons (Fsp3) is 0.429. The van der Waals surface area contributed by atoms with Crippen LogP contribution in [0.15, 0.2) is 6.33 Å². The van der Waals surface area contributed by atoms with Gasteiger partial charge in [0.05, 0.1) is 12.0 Å². The van der Waals surface area contributed by atoms with Gasteiger partial charge in [-0.2, -0.15) is 0 Å². The number of hydrogen-bond acceptors (Lipinski definition) is 3. The van der Waals surface area contributed by atoms with Gasteiger partial charge in [-0.25, -0.2) is 4.98 Å². The quantitative estimate of drug-likeness (QED) is 0.662. The van der Waals surface area contributed by atoms with Crippen LogP contribution < -0.4 is 5.32 Å². The Morgan fingerprint density at radius 2 is 2.29 bits per heavy atom. The summed E-state index contributed by atoms with van der Waals surface area (Å²) in [5.41, 5.74) is 1.86. The Morgan fingerprint density at radius 1 is 1.57 bits per heavy atom. The molecular weight excluding hydrogens is 229 g/mol. The number of rotatable bonds is 1. The van der Waals surface area contributed by atoms with Gasteiger partial charge in [-0.1, -0.05) is 0 Å². The van der Waals surface area contributed by atoms with Crippen LogP contribution in [0.1, 0.15) is 11.4 Å². The SMILES string of the molecule is Cl.Cl.O=C(O)C1Cc2[nH]cnc2CN1. The van der Waals surface area contributed by atoms with E-state index in [-0.39, 0.29) is 24.8 Å². The van der Waals surface area contributed by atoms with E-state index in [2.05, 4.69) is 15.3 Å². The molecule has 0 amide bonds. The maximum atomic E-state index is 10.6. The van der Waals surface area contributed by atoms with E-state index in [1.165, 1.54) is 0 Å². The van der Waals surface area contributed by atoms with Crippen molar-refractivity contribution in [2.24, 2.45) is 0 Å². The van der Waals surface area contributed by atoms with Gasteiger partial charge in [-0.05, 0) is 0 Å². The summed E-state index contributed by atoms with van der Waals surface area (Å²) in [6.45, 7) is 0.538. The first kappa shape index (κ1) is 13.2. The van der Waals surface area contributed by atoms with Crippen LogP contribution in [0.2, 0.25) is 0 Å². The molecule has 1 atom stereocenters. The van der Waals surface area contributed by atoms with Crippen LogP contribution in [0, 0.1) is 0 Å². The Morgan fingerprint density at radius 3 is 2.93 bits per heavy atom. The molecule has 1 aliphatic heterocycles. The summed E-state index contributed by atoms with van der Waals surface area (Å²) >= 11 is 0. The van der Waals surface area contributed by atoms with Crippen molar-refractivity contribution in [1.82, 2.24) is 15.3 Å². The zero-order valence-electron chi connectivity index (χ0n) is 7.19. The van der Waals surface area contributed by atoms with E-state index < -0.39 is 12.0 Å². The van der Waals surface area contributed by atoms with E-state index >= 15 is 0 Å². The molecule has 1 aromatic rings. The largest absolute Gasteiger partial charge is 0.480 e. The number of hydrogen-bond donors (Lipinski definition) is 3. The Hall–Kier alpha value is -0.780. The molecule has 1 aliphatic rings. The molecule has 0 aromatic carbocycles. The summed E-state index contributed by atoms with van der Waals surface area (Å²) in [5.74, 6) is -0.810. The lowest BCUT2D eigenvalue weighted by Gasteiger charge is -2.18. The monoisotopic (exact) mass is 239 g/mol. The van der Waals surface area contributed by atoms with Crippen molar-refractivity contribution >= 4 is 30.8 Å². The zero-order chi connectivity index (χ0) is 8.55. The van der Waals surface area contributed by atoms with Crippen molar-refractivity contribution in [3.8, 4) is 0 Å². The van der Waals surface area contributed by atoms with Crippen LogP contribution >= 0.6 is 24.8 Å². The van der Waals surface area contributed by atoms with Crippen LogP contribution in [-0.2, 0) is 17.8 Å². The molecule has 1 unspecified atom stereocenters. The lowest BCUT2D eigenvalue weighted by molar-refractivity contribution is -0.139. The highest BCUT2D eigenvalue weighted by Crippen LogP contribution is 2.11. The third kappa shape index (κ3) is 2.37. The van der Waals surface area contributed by atoms with Gasteiger partial charge in [0.1, 0.15) is 6.04 Å². The number of H-pyrrole nitrogens is 1. The number of nitrogens with one attached hydrogen (secondary N) is 2. The Kier molecular flexibility index (Phi) is 4.90. The first-order valence-electron chi connectivity index (χ1n) is 3.74. The summed E-state index contributed by atoms with van der Waals surface area (Å²) in [7, 11) is 0. The first-order valence-corrected chi connectivity index (χ1v) is 3.74. The van der Waals surface area contributed by atoms with E-state index in [9.17, 15) is 4.79 Å². The smallest absolute Gasteiger partial charge is 0.321 e. The molecule has 0 spiro atoms. The number of carbonyl (C=O) groups is 1. The summed E-state index contributed by atoms with van der Waals surface area (Å²) < 4.78 is 0. The molecular formula is C7H11Cl2N3O2. The number of fused-ring (bicyclic) bond motifs is 1. The van der Waals surface area contributed by atoms with Gasteiger partial charge < -0.3 is 10.1 Å². The summed E-state index contributed by atoms with van der Waals surface area (Å²) in [5, 5.41) is 11.6. The van der Waals surface area contributed by atoms with Gasteiger partial charge in [0.25, 0.3) is 0 Å². The molecule has 5 nitrogen and oxygen atoms in total. The second kappa shape index (κ2) is 5.19. The van der Waals surface area contributed by atoms with Crippen molar-refractivity contribution < 1.29 is 9.90 Å². The minimum Gasteiger partial charge on any atom is -0.480 e. The van der Waals surface area contributed by atoms with E-state index in [0.717, 1.165) is 11.4 Å². The molecule has 0 saturated heterocycles. The molecule has 2 rings (SSSR count). The number of aliphatic carboxylic acids is 1. The lowest BCUT2D eigenvalue weighted by Crippen LogP contribution is -2.41. The molecule has 2 heterocycles. The maximum Gasteiger partial charge on any atom is 0.321 e. The second-order valence-corrected chi connectivity index (χ2v) is 2.80. The number of imidazole rings is 1. The summed E-state index contributed by atoms with van der Waals surface area (Å²) in [6.07, 6.45) is 2.08. The Balaban J connectivity index is 0.000000845. The fourth-order valence-electron chi connectivity index (χ4n) is 1.35. The highest BCUT2D eigenvalue weighted by Gasteiger charge is 2.24. The van der Waals surface area contributed by atoms with Crippen LogP contribution in [0.4, 0.5) is 0 Å². The second-order valence-electron chi connectivity index (χ2n) is 2.80. The molecule has 0 fully saturated rings. The van der Waals surface area contributed by atoms with Crippen LogP contribution in [0.25, 0.3) is 0 Å². The Labute approximate surface area is 93.1 Å². The van der Waals surface area contributed by atoms with Gasteiger partial charge >= 0.3 is 5.97 Å². The van der Waals surface area contributed by atoms with Gasteiger partial charge in [0, 0.05) is 18.7 Å². The van der Waals surface area contributed by atoms with Gasteiger partial charge in [0.2, 0.25) is 0 Å². The molecule has 14 heavy (non-hydrogen) atoms.